The van der Waals surface area contributed by atoms with Crippen molar-refractivity contribution in [1.82, 2.24) is 4.98 Å². The number of aromatic nitrogens is 1. The largest absolute Gasteiger partial charge is 0.299 e. The molecule has 0 aliphatic heterocycles. The van der Waals surface area contributed by atoms with E-state index in [9.17, 15) is 0 Å². The first-order valence-corrected chi connectivity index (χ1v) is 17.1. The summed E-state index contributed by atoms with van der Waals surface area (Å²) in [5, 5.41) is 20.7. The van der Waals surface area contributed by atoms with Gasteiger partial charge in [-0.25, -0.2) is 0 Å². The van der Waals surface area contributed by atoms with Gasteiger partial charge in [-0.3, -0.25) is 15.8 Å². The molecule has 0 spiro atoms. The fraction of sp³-hybridized carbons (Fsp3) is 0. The topological polar surface area (TPSA) is 61.1 Å². The van der Waals surface area contributed by atoms with Crippen molar-refractivity contribution in [3.63, 3.8) is 0 Å². The molecular weight excluding hydrogens is 621 g/mol. The summed E-state index contributed by atoms with van der Waals surface area (Å²) in [6.45, 7) is 0. The number of benzene rings is 7. The van der Waals surface area contributed by atoms with Crippen molar-refractivity contribution in [2.75, 3.05) is 5.43 Å². The van der Waals surface area contributed by atoms with E-state index in [-0.39, 0.29) is 0 Å². The Bertz CT molecular complexity index is 2710. The molecule has 240 valence electrons. The molecule has 1 aliphatic carbocycles. The minimum absolute atomic E-state index is 0.350. The van der Waals surface area contributed by atoms with Gasteiger partial charge in [0.05, 0.1) is 11.4 Å². The average Bonchev–Trinajstić information content (AvgIpc) is 3.20. The highest BCUT2D eigenvalue weighted by Crippen LogP contribution is 2.44. The third kappa shape index (κ3) is 5.49. The lowest BCUT2D eigenvalue weighted by atomic mass is 9.84. The third-order valence-electron chi connectivity index (χ3n) is 9.67. The Morgan fingerprint density at radius 2 is 1.10 bits per heavy atom. The van der Waals surface area contributed by atoms with E-state index >= 15 is 0 Å². The summed E-state index contributed by atoms with van der Waals surface area (Å²) >= 11 is 0. The summed E-state index contributed by atoms with van der Waals surface area (Å²) in [5.74, 6) is 0. The maximum absolute atomic E-state index is 8.99. The van der Waals surface area contributed by atoms with Crippen molar-refractivity contribution >= 4 is 55.0 Å². The van der Waals surface area contributed by atoms with Gasteiger partial charge in [0.25, 0.3) is 0 Å². The lowest BCUT2D eigenvalue weighted by Gasteiger charge is -2.19. The van der Waals surface area contributed by atoms with Crippen LogP contribution in [0.4, 0.5) is 5.69 Å². The normalized spacial score (nSPS) is 13.6. The SMILES string of the molecule is N=C1C=C(c2ccc3c(-c4ccccc4)c4ccccc4c(-c4ccccc4)c3c2)C=C/C1=N/Nc1ccc(-c2cccnc2)c2ccccc12. The van der Waals surface area contributed by atoms with E-state index in [1.807, 2.05) is 42.6 Å². The number of hydrogen-bond acceptors (Lipinski definition) is 4. The van der Waals surface area contributed by atoms with Crippen LogP contribution < -0.4 is 5.43 Å². The smallest absolute Gasteiger partial charge is 0.108 e. The van der Waals surface area contributed by atoms with Crippen LogP contribution in [-0.4, -0.2) is 16.4 Å². The molecule has 0 amide bonds. The highest BCUT2D eigenvalue weighted by Gasteiger charge is 2.18. The number of pyridine rings is 1. The predicted molar refractivity (Wildman–Crippen MR) is 215 cm³/mol. The van der Waals surface area contributed by atoms with E-state index < -0.39 is 0 Å². The Labute approximate surface area is 296 Å². The molecule has 0 radical (unpaired) electrons. The van der Waals surface area contributed by atoms with E-state index in [1.54, 1.807) is 6.20 Å². The molecular formula is C47H32N4. The van der Waals surface area contributed by atoms with Crippen LogP contribution in [0.2, 0.25) is 0 Å². The molecule has 1 heterocycles. The van der Waals surface area contributed by atoms with Gasteiger partial charge in [0.2, 0.25) is 0 Å². The summed E-state index contributed by atoms with van der Waals surface area (Å²) in [4.78, 5) is 4.31. The predicted octanol–water partition coefficient (Wildman–Crippen LogP) is 12.0. The van der Waals surface area contributed by atoms with Crippen LogP contribution in [-0.2, 0) is 0 Å². The molecule has 0 bridgehead atoms. The van der Waals surface area contributed by atoms with Crippen LogP contribution >= 0.6 is 0 Å². The molecule has 9 rings (SSSR count). The second kappa shape index (κ2) is 12.8. The zero-order valence-electron chi connectivity index (χ0n) is 27.7. The average molecular weight is 653 g/mol. The monoisotopic (exact) mass is 652 g/mol. The summed E-state index contributed by atoms with van der Waals surface area (Å²) in [6, 6.07) is 53.2. The molecule has 7 aromatic carbocycles. The van der Waals surface area contributed by atoms with Crippen molar-refractivity contribution in [1.29, 1.82) is 5.41 Å². The van der Waals surface area contributed by atoms with E-state index in [0.717, 1.165) is 38.7 Å². The Morgan fingerprint density at radius 3 is 1.76 bits per heavy atom. The summed E-state index contributed by atoms with van der Waals surface area (Å²) in [5.41, 5.74) is 14.1. The first-order valence-electron chi connectivity index (χ1n) is 17.1. The van der Waals surface area contributed by atoms with Gasteiger partial charge >= 0.3 is 0 Å². The van der Waals surface area contributed by atoms with Gasteiger partial charge in [-0.1, -0.05) is 140 Å². The van der Waals surface area contributed by atoms with E-state index in [4.69, 9.17) is 10.5 Å². The van der Waals surface area contributed by atoms with Gasteiger partial charge in [0, 0.05) is 23.3 Å². The van der Waals surface area contributed by atoms with Crippen molar-refractivity contribution in [2.24, 2.45) is 5.10 Å². The lowest BCUT2D eigenvalue weighted by molar-refractivity contribution is 1.33. The van der Waals surface area contributed by atoms with Crippen LogP contribution in [0.25, 0.3) is 71.3 Å². The first kappa shape index (κ1) is 30.2. The fourth-order valence-electron chi connectivity index (χ4n) is 7.29. The number of hydrogen-bond donors (Lipinski definition) is 2. The third-order valence-corrected chi connectivity index (χ3v) is 9.67. The summed E-state index contributed by atoms with van der Waals surface area (Å²) in [7, 11) is 0. The van der Waals surface area contributed by atoms with Crippen molar-refractivity contribution < 1.29 is 0 Å². The number of nitrogens with zero attached hydrogens (tertiary/aromatic N) is 2. The Kier molecular flexibility index (Phi) is 7.60. The Balaban J connectivity index is 1.10. The minimum Gasteiger partial charge on any atom is -0.299 e. The van der Waals surface area contributed by atoms with Gasteiger partial charge in [-0.05, 0) is 96.2 Å². The standard InChI is InChI=1S/C47H32N4/c48-43-29-34(22-25-45(43)51-50-44-26-24-36(35-16-11-27-49-30-35)37-17-7-8-18-38(37)44)33-21-23-41-42(28-33)47(32-14-5-2-6-15-32)40-20-10-9-19-39(40)46(41)31-12-3-1-4-13-31/h1-30,48,50H/b48-43?,51-45-. The van der Waals surface area contributed by atoms with Gasteiger partial charge in [0.15, 0.2) is 0 Å². The molecule has 2 N–H and O–H groups in total. The molecule has 4 heteroatoms. The number of anilines is 1. The molecule has 0 unspecified atom stereocenters. The fourth-order valence-corrected chi connectivity index (χ4v) is 7.29. The number of fused-ring (bicyclic) bond motifs is 3. The molecule has 1 aromatic heterocycles. The minimum atomic E-state index is 0.350. The number of allylic oxidation sites excluding steroid dienone is 4. The number of hydrazone groups is 1. The van der Waals surface area contributed by atoms with Gasteiger partial charge in [0.1, 0.15) is 5.71 Å². The van der Waals surface area contributed by atoms with Gasteiger partial charge in [-0.2, -0.15) is 5.10 Å². The second-order valence-corrected chi connectivity index (χ2v) is 12.7. The van der Waals surface area contributed by atoms with Crippen LogP contribution in [0.5, 0.6) is 0 Å². The molecule has 0 saturated heterocycles. The highest BCUT2D eigenvalue weighted by molar-refractivity contribution is 6.51. The van der Waals surface area contributed by atoms with Crippen LogP contribution in [0.1, 0.15) is 5.56 Å². The molecule has 0 saturated carbocycles. The molecule has 0 atom stereocenters. The van der Waals surface area contributed by atoms with Crippen molar-refractivity contribution in [2.45, 2.75) is 0 Å². The zero-order chi connectivity index (χ0) is 34.1. The van der Waals surface area contributed by atoms with Crippen LogP contribution in [0.3, 0.4) is 0 Å². The van der Waals surface area contributed by atoms with Crippen molar-refractivity contribution in [3.8, 4) is 33.4 Å². The number of rotatable bonds is 6. The highest BCUT2D eigenvalue weighted by atomic mass is 15.3. The molecule has 1 aliphatic rings. The molecule has 51 heavy (non-hydrogen) atoms. The first-order chi connectivity index (χ1) is 25.2. The second-order valence-electron chi connectivity index (χ2n) is 12.7. The maximum Gasteiger partial charge on any atom is 0.108 e. The van der Waals surface area contributed by atoms with E-state index in [1.165, 1.54) is 43.8 Å². The lowest BCUT2D eigenvalue weighted by Crippen LogP contribution is -2.13. The van der Waals surface area contributed by atoms with E-state index in [2.05, 4.69) is 144 Å². The Hall–Kier alpha value is -6.91. The quantitative estimate of drug-likeness (QED) is 0.107. The van der Waals surface area contributed by atoms with Gasteiger partial charge < -0.3 is 0 Å². The van der Waals surface area contributed by atoms with Crippen LogP contribution in [0.15, 0.2) is 187 Å². The Morgan fingerprint density at radius 1 is 0.490 bits per heavy atom. The molecule has 0 fully saturated rings. The van der Waals surface area contributed by atoms with E-state index in [0.29, 0.717) is 11.4 Å². The van der Waals surface area contributed by atoms with Gasteiger partial charge in [-0.15, -0.1) is 0 Å². The zero-order valence-corrected chi connectivity index (χ0v) is 27.7. The summed E-state index contributed by atoms with van der Waals surface area (Å²) in [6.07, 6.45) is 9.57. The molecule has 8 aromatic rings. The summed E-state index contributed by atoms with van der Waals surface area (Å²) < 4.78 is 0. The number of nitrogens with one attached hydrogen (secondary N) is 2. The maximum atomic E-state index is 8.99. The van der Waals surface area contributed by atoms with Crippen LogP contribution in [0, 0.1) is 5.41 Å². The molecule has 4 nitrogen and oxygen atoms in total. The van der Waals surface area contributed by atoms with Crippen molar-refractivity contribution in [3.05, 3.63) is 188 Å².